The summed E-state index contributed by atoms with van der Waals surface area (Å²) in [5.74, 6) is 0. The Morgan fingerprint density at radius 1 is 1.65 bits per heavy atom. The topological polar surface area (TPSA) is 68.1 Å². The van der Waals surface area contributed by atoms with E-state index in [9.17, 15) is 10.1 Å². The average Bonchev–Trinajstić information content (AvgIpc) is 2.78. The molecule has 1 saturated carbocycles. The molecule has 1 fully saturated rings. The van der Waals surface area contributed by atoms with Gasteiger partial charge in [-0.2, -0.15) is 11.8 Å². The molecule has 5 nitrogen and oxygen atoms in total. The monoisotopic (exact) mass is 273 g/mol. The molecule has 0 bridgehead atoms. The molecule has 2 rings (SSSR count). The number of nitrogens with one attached hydrogen (secondary N) is 1. The maximum atomic E-state index is 10.5. The lowest BCUT2D eigenvalue weighted by Gasteiger charge is -2.28. The first kappa shape index (κ1) is 12.6. The Morgan fingerprint density at radius 3 is 3.12 bits per heavy atom. The Hall–Kier alpha value is -0.820. The maximum absolute atomic E-state index is 10.5. The van der Waals surface area contributed by atoms with Crippen molar-refractivity contribution in [3.63, 3.8) is 0 Å². The molecule has 7 heteroatoms. The first-order valence-electron chi connectivity index (χ1n) is 5.58. The lowest BCUT2D eigenvalue weighted by atomic mass is 9.95. The van der Waals surface area contributed by atoms with Gasteiger partial charge in [0.1, 0.15) is 6.20 Å². The van der Waals surface area contributed by atoms with E-state index in [1.807, 2.05) is 11.8 Å². The van der Waals surface area contributed by atoms with Crippen molar-refractivity contribution < 1.29 is 4.92 Å². The number of aromatic nitrogens is 1. The molecule has 1 aliphatic carbocycles. The van der Waals surface area contributed by atoms with Crippen LogP contribution in [0.2, 0.25) is 0 Å². The first-order chi connectivity index (χ1) is 8.19. The highest BCUT2D eigenvalue weighted by Crippen LogP contribution is 2.31. The van der Waals surface area contributed by atoms with Gasteiger partial charge >= 0.3 is 5.00 Å². The maximum Gasteiger partial charge on any atom is 0.345 e. The second-order valence-corrected chi connectivity index (χ2v) is 6.27. The average molecular weight is 273 g/mol. The highest BCUT2D eigenvalue weighted by Gasteiger charge is 2.22. The van der Waals surface area contributed by atoms with Crippen LogP contribution in [0.4, 0.5) is 10.1 Å². The Balaban J connectivity index is 1.93. The minimum absolute atomic E-state index is 0.102. The van der Waals surface area contributed by atoms with E-state index in [4.69, 9.17) is 0 Å². The summed E-state index contributed by atoms with van der Waals surface area (Å²) in [5.41, 5.74) is 0. The summed E-state index contributed by atoms with van der Waals surface area (Å²) < 4.78 is 0. The van der Waals surface area contributed by atoms with Crippen molar-refractivity contribution in [2.24, 2.45) is 0 Å². The van der Waals surface area contributed by atoms with E-state index in [2.05, 4.69) is 16.6 Å². The molecule has 94 valence electrons. The number of hydrogen-bond donors (Lipinski definition) is 1. The van der Waals surface area contributed by atoms with Crippen LogP contribution in [0.1, 0.15) is 25.7 Å². The van der Waals surface area contributed by atoms with Gasteiger partial charge in [0, 0.05) is 11.3 Å². The van der Waals surface area contributed by atoms with Gasteiger partial charge in [-0.05, 0) is 36.9 Å². The van der Waals surface area contributed by atoms with Crippen LogP contribution in [0, 0.1) is 10.1 Å². The van der Waals surface area contributed by atoms with Crippen LogP contribution in [0.5, 0.6) is 0 Å². The summed E-state index contributed by atoms with van der Waals surface area (Å²) in [4.78, 5) is 14.2. The predicted octanol–water partition coefficient (Wildman–Crippen LogP) is 3.14. The van der Waals surface area contributed by atoms with E-state index in [0.717, 1.165) is 24.2 Å². The number of anilines is 1. The molecule has 1 N–H and O–H groups in total. The molecule has 1 heterocycles. The number of rotatable bonds is 4. The largest absolute Gasteiger partial charge is 0.359 e. The zero-order valence-corrected chi connectivity index (χ0v) is 11.2. The molecular weight excluding hydrogens is 258 g/mol. The van der Waals surface area contributed by atoms with Crippen LogP contribution in [-0.2, 0) is 0 Å². The van der Waals surface area contributed by atoms with Gasteiger partial charge in [0.05, 0.1) is 4.92 Å². The summed E-state index contributed by atoms with van der Waals surface area (Å²) in [6, 6.07) is 0.409. The smallest absolute Gasteiger partial charge is 0.345 e. The van der Waals surface area contributed by atoms with Crippen LogP contribution in [-0.4, -0.2) is 27.5 Å². The van der Waals surface area contributed by atoms with Crippen molar-refractivity contribution in [3.8, 4) is 0 Å². The second kappa shape index (κ2) is 5.68. The third-order valence-corrected chi connectivity index (χ3v) is 4.94. The fourth-order valence-electron chi connectivity index (χ4n) is 2.08. The number of thioether (sulfide) groups is 1. The minimum atomic E-state index is -0.394. The number of nitrogens with zero attached hydrogens (tertiary/aromatic N) is 2. The molecule has 0 aromatic carbocycles. The summed E-state index contributed by atoms with van der Waals surface area (Å²) in [6.45, 7) is 0. The van der Waals surface area contributed by atoms with Crippen molar-refractivity contribution in [1.29, 1.82) is 0 Å². The van der Waals surface area contributed by atoms with Gasteiger partial charge < -0.3 is 5.32 Å². The van der Waals surface area contributed by atoms with E-state index in [1.54, 1.807) is 0 Å². The van der Waals surface area contributed by atoms with Crippen LogP contribution < -0.4 is 5.32 Å². The van der Waals surface area contributed by atoms with Crippen LogP contribution in [0.15, 0.2) is 6.20 Å². The van der Waals surface area contributed by atoms with E-state index in [1.165, 1.54) is 19.0 Å². The Labute approximate surface area is 108 Å². The lowest BCUT2D eigenvalue weighted by Crippen LogP contribution is -2.28. The third kappa shape index (κ3) is 3.32. The summed E-state index contributed by atoms with van der Waals surface area (Å²) in [6.07, 6.45) is 8.20. The molecular formula is C10H15N3O2S2. The zero-order valence-electron chi connectivity index (χ0n) is 9.59. The summed E-state index contributed by atoms with van der Waals surface area (Å²) >= 11 is 3.02. The molecule has 1 aliphatic rings. The van der Waals surface area contributed by atoms with E-state index in [0.29, 0.717) is 16.4 Å². The van der Waals surface area contributed by atoms with Gasteiger partial charge in [-0.3, -0.25) is 10.1 Å². The highest BCUT2D eigenvalue weighted by molar-refractivity contribution is 7.99. The van der Waals surface area contributed by atoms with E-state index in [-0.39, 0.29) is 5.00 Å². The van der Waals surface area contributed by atoms with Gasteiger partial charge in [-0.15, -0.1) is 0 Å². The molecule has 0 radical (unpaired) electrons. The number of thiazole rings is 1. The minimum Gasteiger partial charge on any atom is -0.359 e. The van der Waals surface area contributed by atoms with Gasteiger partial charge in [0.15, 0.2) is 5.13 Å². The van der Waals surface area contributed by atoms with E-state index >= 15 is 0 Å². The molecule has 0 spiro atoms. The van der Waals surface area contributed by atoms with Crippen molar-refractivity contribution in [2.75, 3.05) is 11.6 Å². The van der Waals surface area contributed by atoms with Gasteiger partial charge in [-0.1, -0.05) is 6.42 Å². The van der Waals surface area contributed by atoms with Gasteiger partial charge in [-0.25, -0.2) is 4.98 Å². The molecule has 0 aliphatic heterocycles. The fourth-order valence-corrected chi connectivity index (χ4v) is 3.62. The lowest BCUT2D eigenvalue weighted by molar-refractivity contribution is -0.380. The van der Waals surface area contributed by atoms with Gasteiger partial charge in [0.25, 0.3) is 0 Å². The van der Waals surface area contributed by atoms with Crippen molar-refractivity contribution in [3.05, 3.63) is 16.3 Å². The standard InChI is InChI=1S/C10H15N3O2S2/c1-16-8-4-2-3-7(5-8)12-10-11-6-9(17-10)13(14)15/h6-8H,2-5H2,1H3,(H,11,12). The molecule has 17 heavy (non-hydrogen) atoms. The van der Waals surface area contributed by atoms with Crippen molar-refractivity contribution in [2.45, 2.75) is 37.0 Å². The SMILES string of the molecule is CSC1CCCC(Nc2ncc([N+](=O)[O-])s2)C1. The summed E-state index contributed by atoms with van der Waals surface area (Å²) in [5, 5.41) is 15.3. The molecule has 0 saturated heterocycles. The zero-order chi connectivity index (χ0) is 12.3. The van der Waals surface area contributed by atoms with Crippen LogP contribution in [0.3, 0.4) is 0 Å². The van der Waals surface area contributed by atoms with Crippen LogP contribution in [0.25, 0.3) is 0 Å². The first-order valence-corrected chi connectivity index (χ1v) is 7.69. The Kier molecular flexibility index (Phi) is 4.22. The Bertz CT molecular complexity index is 397. The normalized spacial score (nSPS) is 24.5. The third-order valence-electron chi connectivity index (χ3n) is 2.96. The number of hydrogen-bond acceptors (Lipinski definition) is 6. The quantitative estimate of drug-likeness (QED) is 0.674. The van der Waals surface area contributed by atoms with Gasteiger partial charge in [0.2, 0.25) is 0 Å². The highest BCUT2D eigenvalue weighted by atomic mass is 32.2. The van der Waals surface area contributed by atoms with Crippen LogP contribution >= 0.6 is 23.1 Å². The second-order valence-electron chi connectivity index (χ2n) is 4.13. The fraction of sp³-hybridized carbons (Fsp3) is 0.700. The molecule has 2 atom stereocenters. The van der Waals surface area contributed by atoms with Crippen molar-refractivity contribution >= 4 is 33.2 Å². The molecule has 1 aromatic heterocycles. The molecule has 0 amide bonds. The summed E-state index contributed by atoms with van der Waals surface area (Å²) in [7, 11) is 0. The Morgan fingerprint density at radius 2 is 2.47 bits per heavy atom. The molecule has 1 aromatic rings. The number of nitro groups is 1. The molecule has 2 unspecified atom stereocenters. The van der Waals surface area contributed by atoms with E-state index < -0.39 is 4.92 Å². The predicted molar refractivity (Wildman–Crippen MR) is 72.0 cm³/mol. The van der Waals surface area contributed by atoms with Crippen molar-refractivity contribution in [1.82, 2.24) is 4.98 Å².